The van der Waals surface area contributed by atoms with Gasteiger partial charge in [-0.3, -0.25) is 19.7 Å². The van der Waals surface area contributed by atoms with Crippen molar-refractivity contribution in [3.63, 3.8) is 0 Å². The molecule has 1 aromatic rings. The Morgan fingerprint density at radius 1 is 1.06 bits per heavy atom. The van der Waals surface area contributed by atoms with Gasteiger partial charge in [-0.2, -0.15) is 0 Å². The lowest BCUT2D eigenvalue weighted by atomic mass is 9.98. The second kappa shape index (κ2) is 11.8. The highest BCUT2D eigenvalue weighted by Gasteiger charge is 2.34. The van der Waals surface area contributed by atoms with Crippen LogP contribution >= 0.6 is 0 Å². The summed E-state index contributed by atoms with van der Waals surface area (Å²) in [6.45, 7) is 2.53. The van der Waals surface area contributed by atoms with Gasteiger partial charge in [0.2, 0.25) is 5.91 Å². The van der Waals surface area contributed by atoms with Crippen LogP contribution in [-0.2, 0) is 19.0 Å². The van der Waals surface area contributed by atoms with Crippen LogP contribution in [0.15, 0.2) is 18.2 Å². The van der Waals surface area contributed by atoms with Crippen LogP contribution in [0.3, 0.4) is 0 Å². The number of nitrogens with zero attached hydrogens (tertiary/aromatic N) is 3. The van der Waals surface area contributed by atoms with E-state index < -0.39 is 22.9 Å². The lowest BCUT2D eigenvalue weighted by molar-refractivity contribution is -0.384. The van der Waals surface area contributed by atoms with Crippen molar-refractivity contribution in [3.8, 4) is 5.75 Å². The Labute approximate surface area is 205 Å². The lowest BCUT2D eigenvalue weighted by Gasteiger charge is -2.37. The standard InChI is InChI=1S/C24H35N3O8/c1-15-21(33-5)13-26(3)24(29)18-12-16(27(30)31)6-8-19(18)34-14-22-20(32-4)9-7-17(35-22)10-11-25(2)23(15)28/h6,8,12,15,17,20-22H,7,9-11,13-14H2,1-5H3/t15-,17-,20-,21-,22+/m0/s1. The Kier molecular flexibility index (Phi) is 9.03. The number of amides is 2. The highest BCUT2D eigenvalue weighted by atomic mass is 16.6. The van der Waals surface area contributed by atoms with Gasteiger partial charge in [-0.25, -0.2) is 0 Å². The highest BCUT2D eigenvalue weighted by Crippen LogP contribution is 2.29. The Balaban J connectivity index is 1.98. The van der Waals surface area contributed by atoms with E-state index >= 15 is 0 Å². The number of non-ortho nitro benzene ring substituents is 1. The Morgan fingerprint density at radius 2 is 1.77 bits per heavy atom. The summed E-state index contributed by atoms with van der Waals surface area (Å²) in [7, 11) is 6.43. The number of ether oxygens (including phenoxy) is 4. The maximum atomic E-state index is 13.4. The molecule has 1 aromatic carbocycles. The first kappa shape index (κ1) is 26.8. The van der Waals surface area contributed by atoms with Crippen molar-refractivity contribution in [1.82, 2.24) is 9.80 Å². The number of nitro groups is 1. The van der Waals surface area contributed by atoms with Gasteiger partial charge in [-0.15, -0.1) is 0 Å². The molecule has 2 bridgehead atoms. The third-order valence-corrected chi connectivity index (χ3v) is 6.88. The predicted octanol–water partition coefficient (Wildman–Crippen LogP) is 2.12. The average Bonchev–Trinajstić information content (AvgIpc) is 2.86. The van der Waals surface area contributed by atoms with E-state index in [1.807, 2.05) is 0 Å². The first-order valence-electron chi connectivity index (χ1n) is 11.8. The molecule has 1 saturated heterocycles. The molecule has 2 aliphatic rings. The summed E-state index contributed by atoms with van der Waals surface area (Å²) in [5.74, 6) is -0.854. The minimum atomic E-state index is -0.562. The van der Waals surface area contributed by atoms with E-state index in [0.717, 1.165) is 12.8 Å². The molecule has 2 aliphatic heterocycles. The Bertz CT molecular complexity index is 926. The molecule has 0 N–H and O–H groups in total. The minimum absolute atomic E-state index is 0.0565. The van der Waals surface area contributed by atoms with Crippen LogP contribution in [0.2, 0.25) is 0 Å². The van der Waals surface area contributed by atoms with Crippen molar-refractivity contribution in [2.45, 2.75) is 50.6 Å². The number of nitro benzene ring substituents is 1. The third kappa shape index (κ3) is 6.28. The number of fused-ring (bicyclic) bond motifs is 3. The van der Waals surface area contributed by atoms with Gasteiger partial charge in [0.05, 0.1) is 34.7 Å². The van der Waals surface area contributed by atoms with Crippen molar-refractivity contribution in [1.29, 1.82) is 0 Å². The number of carbonyl (C=O) groups is 2. The van der Waals surface area contributed by atoms with Gasteiger partial charge in [-0.1, -0.05) is 6.92 Å². The van der Waals surface area contributed by atoms with E-state index in [-0.39, 0.29) is 54.4 Å². The summed E-state index contributed by atoms with van der Waals surface area (Å²) in [5.41, 5.74) is -0.165. The van der Waals surface area contributed by atoms with Crippen molar-refractivity contribution < 1.29 is 33.5 Å². The smallest absolute Gasteiger partial charge is 0.270 e. The quantitative estimate of drug-likeness (QED) is 0.464. The lowest BCUT2D eigenvalue weighted by Crippen LogP contribution is -2.47. The third-order valence-electron chi connectivity index (χ3n) is 6.88. The number of likely N-dealkylation sites (N-methyl/N-ethyl adjacent to an activating group) is 1. The molecular weight excluding hydrogens is 458 g/mol. The van der Waals surface area contributed by atoms with E-state index in [9.17, 15) is 19.7 Å². The number of carbonyl (C=O) groups excluding carboxylic acids is 2. The normalized spacial score (nSPS) is 28.9. The molecule has 0 aromatic heterocycles. The summed E-state index contributed by atoms with van der Waals surface area (Å²) in [6.07, 6.45) is 1.01. The molecular formula is C24H35N3O8. The molecule has 5 atom stereocenters. The van der Waals surface area contributed by atoms with Crippen LogP contribution in [0.5, 0.6) is 5.75 Å². The maximum Gasteiger partial charge on any atom is 0.270 e. The monoisotopic (exact) mass is 493 g/mol. The zero-order valence-electron chi connectivity index (χ0n) is 21.0. The summed E-state index contributed by atoms with van der Waals surface area (Å²) in [4.78, 5) is 40.3. The molecule has 2 amide bonds. The molecule has 11 heteroatoms. The average molecular weight is 494 g/mol. The first-order chi connectivity index (χ1) is 16.7. The van der Waals surface area contributed by atoms with E-state index in [1.165, 1.54) is 30.2 Å². The van der Waals surface area contributed by atoms with E-state index in [1.54, 1.807) is 33.0 Å². The topological polar surface area (TPSA) is 121 Å². The summed E-state index contributed by atoms with van der Waals surface area (Å²) in [6, 6.07) is 3.94. The van der Waals surface area contributed by atoms with Gasteiger partial charge in [0, 0.05) is 53.5 Å². The van der Waals surface area contributed by atoms with Gasteiger partial charge in [0.15, 0.2) is 0 Å². The van der Waals surface area contributed by atoms with Crippen LogP contribution in [-0.4, -0.2) is 99.0 Å². The molecule has 0 radical (unpaired) electrons. The molecule has 35 heavy (non-hydrogen) atoms. The molecule has 0 aliphatic carbocycles. The summed E-state index contributed by atoms with van der Waals surface area (Å²) >= 11 is 0. The summed E-state index contributed by atoms with van der Waals surface area (Å²) < 4.78 is 23.4. The van der Waals surface area contributed by atoms with Gasteiger partial charge in [-0.05, 0) is 25.3 Å². The predicted molar refractivity (Wildman–Crippen MR) is 126 cm³/mol. The van der Waals surface area contributed by atoms with E-state index in [0.29, 0.717) is 13.0 Å². The molecule has 0 saturated carbocycles. The summed E-state index contributed by atoms with van der Waals surface area (Å²) in [5, 5.41) is 11.4. The van der Waals surface area contributed by atoms with Gasteiger partial charge >= 0.3 is 0 Å². The minimum Gasteiger partial charge on any atom is -0.490 e. The molecule has 1 fully saturated rings. The molecule has 0 spiro atoms. The SMILES string of the molecule is CO[C@H]1CN(C)C(=O)c2cc([N+](=O)[O-])ccc2OC[C@H]2O[C@@H](CC[C@@H]2OC)CCN(C)C(=O)[C@H]1C. The molecule has 0 unspecified atom stereocenters. The fourth-order valence-electron chi connectivity index (χ4n) is 4.61. The van der Waals surface area contributed by atoms with Crippen molar-refractivity contribution in [3.05, 3.63) is 33.9 Å². The van der Waals surface area contributed by atoms with Crippen molar-refractivity contribution >= 4 is 17.5 Å². The zero-order chi connectivity index (χ0) is 25.7. The molecule has 11 nitrogen and oxygen atoms in total. The van der Waals surface area contributed by atoms with Crippen LogP contribution in [0.1, 0.15) is 36.5 Å². The van der Waals surface area contributed by atoms with E-state index in [2.05, 4.69) is 0 Å². The number of methoxy groups -OCH3 is 2. The van der Waals surface area contributed by atoms with Crippen LogP contribution in [0.25, 0.3) is 0 Å². The largest absolute Gasteiger partial charge is 0.490 e. The van der Waals surface area contributed by atoms with Gasteiger partial charge in [0.25, 0.3) is 11.6 Å². The zero-order valence-corrected chi connectivity index (χ0v) is 21.0. The Hall–Kier alpha value is -2.76. The second-order valence-corrected chi connectivity index (χ2v) is 9.19. The maximum absolute atomic E-state index is 13.4. The second-order valence-electron chi connectivity index (χ2n) is 9.19. The fourth-order valence-corrected chi connectivity index (χ4v) is 4.61. The molecule has 3 rings (SSSR count). The van der Waals surface area contributed by atoms with Crippen LogP contribution < -0.4 is 4.74 Å². The number of hydrogen-bond acceptors (Lipinski definition) is 8. The van der Waals surface area contributed by atoms with Gasteiger partial charge in [0.1, 0.15) is 18.5 Å². The number of rotatable bonds is 3. The highest BCUT2D eigenvalue weighted by molar-refractivity contribution is 5.97. The van der Waals surface area contributed by atoms with Crippen molar-refractivity contribution in [2.75, 3.05) is 48.0 Å². The molecule has 194 valence electrons. The van der Waals surface area contributed by atoms with Crippen LogP contribution in [0.4, 0.5) is 5.69 Å². The van der Waals surface area contributed by atoms with E-state index in [4.69, 9.17) is 18.9 Å². The first-order valence-corrected chi connectivity index (χ1v) is 11.8. The fraction of sp³-hybridized carbons (Fsp3) is 0.667. The van der Waals surface area contributed by atoms with Crippen LogP contribution in [0, 0.1) is 16.0 Å². The van der Waals surface area contributed by atoms with Gasteiger partial charge < -0.3 is 28.7 Å². The Morgan fingerprint density at radius 3 is 2.43 bits per heavy atom. The number of benzene rings is 1. The number of hydrogen-bond donors (Lipinski definition) is 0. The van der Waals surface area contributed by atoms with Crippen molar-refractivity contribution in [2.24, 2.45) is 5.92 Å². The molecule has 2 heterocycles.